The number of hydrogen-bond donors (Lipinski definition) is 1. The first-order valence-electron chi connectivity index (χ1n) is 8.69. The van der Waals surface area contributed by atoms with Gasteiger partial charge in [0.25, 0.3) is 10.1 Å². The summed E-state index contributed by atoms with van der Waals surface area (Å²) in [5.74, 6) is -0.493. The minimum absolute atomic E-state index is 0.109. The molecule has 0 aliphatic carbocycles. The van der Waals surface area contributed by atoms with E-state index in [0.717, 1.165) is 6.61 Å². The smallest absolute Gasteiger partial charge is 0.261 e. The SMILES string of the molecule is CC1(C)OCC(N2CCCCC2)C(c2ccccc2)O1.CS(=O)(=O)O. The Hall–Kier alpha value is -0.990. The van der Waals surface area contributed by atoms with E-state index in [2.05, 4.69) is 35.2 Å². The highest BCUT2D eigenvalue weighted by Gasteiger charge is 2.40. The molecule has 0 aromatic heterocycles. The maximum atomic E-state index is 9.19. The molecule has 2 atom stereocenters. The lowest BCUT2D eigenvalue weighted by atomic mass is 9.97. The molecule has 0 spiro atoms. The maximum Gasteiger partial charge on any atom is 0.261 e. The van der Waals surface area contributed by atoms with Crippen molar-refractivity contribution in [3.05, 3.63) is 35.9 Å². The summed E-state index contributed by atoms with van der Waals surface area (Å²) in [5, 5.41) is 0. The van der Waals surface area contributed by atoms with Gasteiger partial charge in [0.1, 0.15) is 6.10 Å². The highest BCUT2D eigenvalue weighted by Crippen LogP contribution is 2.36. The largest absolute Gasteiger partial charge is 0.349 e. The average molecular weight is 371 g/mol. The van der Waals surface area contributed by atoms with E-state index in [0.29, 0.717) is 12.3 Å². The second-order valence-electron chi connectivity index (χ2n) is 7.06. The number of hydrogen-bond acceptors (Lipinski definition) is 5. The Morgan fingerprint density at radius 1 is 1.12 bits per heavy atom. The van der Waals surface area contributed by atoms with Crippen molar-refractivity contribution in [1.82, 2.24) is 4.90 Å². The molecule has 25 heavy (non-hydrogen) atoms. The normalized spacial score (nSPS) is 27.2. The minimum Gasteiger partial charge on any atom is -0.349 e. The Labute approximate surface area is 150 Å². The van der Waals surface area contributed by atoms with Crippen LogP contribution in [0.4, 0.5) is 0 Å². The van der Waals surface area contributed by atoms with Crippen molar-refractivity contribution >= 4 is 10.1 Å². The molecule has 1 aromatic rings. The topological polar surface area (TPSA) is 76.1 Å². The van der Waals surface area contributed by atoms with Gasteiger partial charge in [-0.3, -0.25) is 9.45 Å². The number of ether oxygens (including phenoxy) is 2. The summed E-state index contributed by atoms with van der Waals surface area (Å²) in [7, 11) is -3.67. The van der Waals surface area contributed by atoms with E-state index in [1.807, 2.05) is 13.8 Å². The van der Waals surface area contributed by atoms with Gasteiger partial charge in [-0.1, -0.05) is 36.8 Å². The summed E-state index contributed by atoms with van der Waals surface area (Å²) in [6, 6.07) is 10.9. The Bertz CT molecular complexity index is 618. The predicted octanol–water partition coefficient (Wildman–Crippen LogP) is 2.87. The molecule has 2 saturated heterocycles. The van der Waals surface area contributed by atoms with Crippen LogP contribution < -0.4 is 0 Å². The molecule has 7 heteroatoms. The third kappa shape index (κ3) is 7.03. The lowest BCUT2D eigenvalue weighted by Gasteiger charge is -2.46. The van der Waals surface area contributed by atoms with Crippen LogP contribution in [0.1, 0.15) is 44.8 Å². The van der Waals surface area contributed by atoms with Gasteiger partial charge in [-0.2, -0.15) is 8.42 Å². The van der Waals surface area contributed by atoms with Crippen LogP contribution in [0.15, 0.2) is 30.3 Å². The zero-order valence-corrected chi connectivity index (χ0v) is 16.0. The lowest BCUT2D eigenvalue weighted by Crippen LogP contribution is -2.53. The standard InChI is InChI=1S/C17H25NO2.CH4O3S/c1-17(2)19-13-15(18-11-7-4-8-12-18)16(20-17)14-9-5-3-6-10-14;1-5(2,3)4/h3,5-6,9-10,15-16H,4,7-8,11-13H2,1-2H3;1H3,(H,2,3,4). The maximum absolute atomic E-state index is 9.19. The van der Waals surface area contributed by atoms with Crippen molar-refractivity contribution in [2.24, 2.45) is 0 Å². The van der Waals surface area contributed by atoms with Crippen LogP contribution in [0.25, 0.3) is 0 Å². The Morgan fingerprint density at radius 3 is 2.24 bits per heavy atom. The monoisotopic (exact) mass is 371 g/mol. The fourth-order valence-corrected chi connectivity index (χ4v) is 3.27. The first-order chi connectivity index (χ1) is 11.7. The van der Waals surface area contributed by atoms with Gasteiger partial charge < -0.3 is 9.47 Å². The Balaban J connectivity index is 0.000000399. The van der Waals surface area contributed by atoms with Gasteiger partial charge in [0.15, 0.2) is 5.79 Å². The van der Waals surface area contributed by atoms with Gasteiger partial charge >= 0.3 is 0 Å². The van der Waals surface area contributed by atoms with Crippen molar-refractivity contribution < 1.29 is 22.4 Å². The molecular formula is C18H29NO5S. The van der Waals surface area contributed by atoms with Crippen LogP contribution in [0.5, 0.6) is 0 Å². The number of nitrogens with zero attached hydrogens (tertiary/aromatic N) is 1. The van der Waals surface area contributed by atoms with Gasteiger partial charge in [0, 0.05) is 0 Å². The molecule has 0 amide bonds. The number of benzene rings is 1. The molecule has 142 valence electrons. The van der Waals surface area contributed by atoms with Crippen LogP contribution in [0.2, 0.25) is 0 Å². The zero-order valence-electron chi connectivity index (χ0n) is 15.2. The second kappa shape index (κ2) is 8.60. The summed E-state index contributed by atoms with van der Waals surface area (Å²) in [6.07, 6.45) is 4.76. The van der Waals surface area contributed by atoms with E-state index in [1.165, 1.54) is 37.9 Å². The van der Waals surface area contributed by atoms with Crippen LogP contribution in [-0.2, 0) is 19.6 Å². The molecule has 0 bridgehead atoms. The van der Waals surface area contributed by atoms with Gasteiger partial charge in [-0.15, -0.1) is 0 Å². The third-order valence-corrected chi connectivity index (χ3v) is 4.35. The highest BCUT2D eigenvalue weighted by atomic mass is 32.2. The quantitative estimate of drug-likeness (QED) is 0.806. The van der Waals surface area contributed by atoms with E-state index in [-0.39, 0.29) is 6.10 Å². The van der Waals surface area contributed by atoms with Gasteiger partial charge in [-0.05, 0) is 45.3 Å². The molecule has 1 aromatic carbocycles. The van der Waals surface area contributed by atoms with Crippen molar-refractivity contribution in [2.75, 3.05) is 26.0 Å². The van der Waals surface area contributed by atoms with Crippen LogP contribution in [0.3, 0.4) is 0 Å². The fraction of sp³-hybridized carbons (Fsp3) is 0.667. The van der Waals surface area contributed by atoms with Gasteiger partial charge in [-0.25, -0.2) is 0 Å². The summed E-state index contributed by atoms with van der Waals surface area (Å²) in [6.45, 7) is 7.11. The Morgan fingerprint density at radius 2 is 1.68 bits per heavy atom. The summed E-state index contributed by atoms with van der Waals surface area (Å²) >= 11 is 0. The number of piperidine rings is 1. The average Bonchev–Trinajstić information content (AvgIpc) is 2.54. The van der Waals surface area contributed by atoms with E-state index < -0.39 is 15.9 Å². The first kappa shape index (κ1) is 20.3. The van der Waals surface area contributed by atoms with E-state index in [4.69, 9.17) is 14.0 Å². The molecule has 1 N–H and O–H groups in total. The fourth-order valence-electron chi connectivity index (χ4n) is 3.27. The molecule has 2 fully saturated rings. The first-order valence-corrected chi connectivity index (χ1v) is 10.5. The molecule has 2 heterocycles. The third-order valence-electron chi connectivity index (χ3n) is 4.35. The molecule has 6 nitrogen and oxygen atoms in total. The molecule has 0 saturated carbocycles. The summed E-state index contributed by atoms with van der Waals surface area (Å²) in [4.78, 5) is 2.55. The van der Waals surface area contributed by atoms with Crippen LogP contribution in [0, 0.1) is 0 Å². The number of likely N-dealkylation sites (tertiary alicyclic amines) is 1. The van der Waals surface area contributed by atoms with Gasteiger partial charge in [0.05, 0.1) is 18.9 Å². The minimum atomic E-state index is -3.67. The summed E-state index contributed by atoms with van der Waals surface area (Å²) < 4.78 is 38.0. The van der Waals surface area contributed by atoms with Crippen LogP contribution in [-0.4, -0.2) is 55.7 Å². The van der Waals surface area contributed by atoms with Crippen molar-refractivity contribution in [3.8, 4) is 0 Å². The molecular weight excluding hydrogens is 342 g/mol. The van der Waals surface area contributed by atoms with E-state index in [1.54, 1.807) is 0 Å². The zero-order chi connectivity index (χ0) is 18.5. The predicted molar refractivity (Wildman–Crippen MR) is 97.0 cm³/mol. The van der Waals surface area contributed by atoms with E-state index >= 15 is 0 Å². The highest BCUT2D eigenvalue weighted by molar-refractivity contribution is 7.85. The van der Waals surface area contributed by atoms with Gasteiger partial charge in [0.2, 0.25) is 0 Å². The lowest BCUT2D eigenvalue weighted by molar-refractivity contribution is -0.297. The molecule has 2 aliphatic heterocycles. The summed E-state index contributed by atoms with van der Waals surface area (Å²) in [5.41, 5.74) is 1.26. The molecule has 3 rings (SSSR count). The van der Waals surface area contributed by atoms with Crippen LogP contribution >= 0.6 is 0 Å². The van der Waals surface area contributed by atoms with Crippen molar-refractivity contribution in [2.45, 2.75) is 51.0 Å². The molecule has 2 aliphatic rings. The van der Waals surface area contributed by atoms with Crippen molar-refractivity contribution in [1.29, 1.82) is 0 Å². The van der Waals surface area contributed by atoms with Crippen molar-refractivity contribution in [3.63, 3.8) is 0 Å². The second-order valence-corrected chi connectivity index (χ2v) is 8.52. The van der Waals surface area contributed by atoms with E-state index in [9.17, 15) is 8.42 Å². The molecule has 2 unspecified atom stereocenters. The number of rotatable bonds is 2. The molecule has 0 radical (unpaired) electrons. The Kier molecular flexibility index (Phi) is 6.99.